The third kappa shape index (κ3) is 4.09. The van der Waals surface area contributed by atoms with Gasteiger partial charge in [-0.3, -0.25) is 4.79 Å². The molecule has 2 aromatic carbocycles. The summed E-state index contributed by atoms with van der Waals surface area (Å²) < 4.78 is 24.9. The average Bonchev–Trinajstić information content (AvgIpc) is 2.43. The van der Waals surface area contributed by atoms with E-state index in [1.54, 1.807) is 12.1 Å². The first-order valence-electron chi connectivity index (χ1n) is 5.81. The van der Waals surface area contributed by atoms with Crippen molar-refractivity contribution >= 4 is 35.0 Å². The number of para-hydroxylation sites is 1. The van der Waals surface area contributed by atoms with Crippen LogP contribution in [-0.4, -0.2) is 16.8 Å². The Morgan fingerprint density at radius 2 is 1.95 bits per heavy atom. The summed E-state index contributed by atoms with van der Waals surface area (Å²) in [6, 6.07) is 10.2. The molecular formula is C14H10ClF2NO2S. The normalized spacial score (nSPS) is 10.7. The molecule has 0 unspecified atom stereocenters. The van der Waals surface area contributed by atoms with Crippen molar-refractivity contribution in [2.45, 2.75) is 10.7 Å². The molecule has 0 bridgehead atoms. The molecule has 2 rings (SSSR count). The topological polar surface area (TPSA) is 49.3 Å². The van der Waals surface area contributed by atoms with E-state index >= 15 is 0 Å². The third-order valence-electron chi connectivity index (χ3n) is 2.56. The molecule has 0 heterocycles. The van der Waals surface area contributed by atoms with Crippen molar-refractivity contribution in [3.63, 3.8) is 0 Å². The van der Waals surface area contributed by atoms with Gasteiger partial charge in [-0.15, -0.1) is 0 Å². The summed E-state index contributed by atoms with van der Waals surface area (Å²) in [5.41, 5.74) is 0.506. The Hall–Kier alpha value is -1.79. The number of carbonyl (C=O) groups is 1. The van der Waals surface area contributed by atoms with E-state index < -0.39 is 11.7 Å². The molecule has 7 heteroatoms. The molecule has 0 radical (unpaired) electrons. The van der Waals surface area contributed by atoms with Crippen LogP contribution in [0.4, 0.5) is 14.5 Å². The number of phenolic OH excluding ortho intramolecular Hbond substituents is 1. The third-order valence-corrected chi connectivity index (χ3v) is 3.65. The lowest BCUT2D eigenvalue weighted by atomic mass is 10.2. The Labute approximate surface area is 128 Å². The van der Waals surface area contributed by atoms with Crippen molar-refractivity contribution in [2.24, 2.45) is 0 Å². The number of carbonyl (C=O) groups excluding carboxylic acids is 1. The maximum Gasteiger partial charge on any atom is 0.288 e. The number of nitrogens with one attached hydrogen (secondary N) is 1. The first-order chi connectivity index (χ1) is 9.97. The predicted octanol–water partition coefficient (Wildman–Crippen LogP) is 4.61. The number of halogens is 3. The number of hydrogen-bond donors (Lipinski definition) is 2. The molecule has 3 nitrogen and oxygen atoms in total. The van der Waals surface area contributed by atoms with Gasteiger partial charge in [0.15, 0.2) is 0 Å². The highest BCUT2D eigenvalue weighted by molar-refractivity contribution is 7.99. The first-order valence-corrected chi connectivity index (χ1v) is 7.07. The Morgan fingerprint density at radius 1 is 1.24 bits per heavy atom. The number of aromatic hydroxyl groups is 1. The maximum atomic E-state index is 12.5. The van der Waals surface area contributed by atoms with Gasteiger partial charge in [-0.1, -0.05) is 35.5 Å². The van der Waals surface area contributed by atoms with Crippen LogP contribution in [0.5, 0.6) is 5.75 Å². The number of anilines is 1. The van der Waals surface area contributed by atoms with E-state index in [1.807, 2.05) is 0 Å². The second kappa shape index (κ2) is 6.78. The quantitative estimate of drug-likeness (QED) is 0.805. The molecule has 21 heavy (non-hydrogen) atoms. The molecule has 2 N–H and O–H groups in total. The number of thioether (sulfide) groups is 1. The highest BCUT2D eigenvalue weighted by Crippen LogP contribution is 2.32. The van der Waals surface area contributed by atoms with Crippen LogP contribution in [0.3, 0.4) is 0 Å². The van der Waals surface area contributed by atoms with Gasteiger partial charge in [-0.05, 0) is 30.3 Å². The summed E-state index contributed by atoms with van der Waals surface area (Å²) in [6.45, 7) is 0. The van der Waals surface area contributed by atoms with Crippen LogP contribution in [0.2, 0.25) is 5.02 Å². The van der Waals surface area contributed by atoms with Crippen molar-refractivity contribution < 1.29 is 18.7 Å². The van der Waals surface area contributed by atoms with Crippen molar-refractivity contribution in [1.82, 2.24) is 0 Å². The van der Waals surface area contributed by atoms with Crippen LogP contribution < -0.4 is 5.32 Å². The Kier molecular flexibility index (Phi) is 5.03. The zero-order chi connectivity index (χ0) is 15.4. The summed E-state index contributed by atoms with van der Waals surface area (Å²) in [4.78, 5) is 12.3. The largest absolute Gasteiger partial charge is 0.506 e. The van der Waals surface area contributed by atoms with E-state index in [2.05, 4.69) is 5.32 Å². The maximum absolute atomic E-state index is 12.5. The van der Waals surface area contributed by atoms with Crippen molar-refractivity contribution in [1.29, 1.82) is 0 Å². The molecule has 1 amide bonds. The number of phenols is 1. The number of alkyl halides is 2. The fourth-order valence-corrected chi connectivity index (χ4v) is 2.39. The van der Waals surface area contributed by atoms with Crippen LogP contribution in [-0.2, 0) is 0 Å². The standard InChI is InChI=1S/C14H10ClF2NO2S/c15-9-7-8(5-6-11(9)19)13(20)18-10-3-1-2-4-12(10)21-14(16)17/h1-7,14,19H,(H,18,20). The lowest BCUT2D eigenvalue weighted by molar-refractivity contribution is 0.102. The highest BCUT2D eigenvalue weighted by Gasteiger charge is 2.13. The molecule has 0 saturated carbocycles. The molecule has 110 valence electrons. The fraction of sp³-hybridized carbons (Fsp3) is 0.0714. The smallest absolute Gasteiger partial charge is 0.288 e. The minimum atomic E-state index is -2.58. The zero-order valence-electron chi connectivity index (χ0n) is 10.5. The van der Waals surface area contributed by atoms with Crippen molar-refractivity contribution in [3.05, 3.63) is 53.1 Å². The molecule has 0 fully saturated rings. The van der Waals surface area contributed by atoms with E-state index in [0.29, 0.717) is 11.8 Å². The number of rotatable bonds is 4. The molecule has 0 aliphatic rings. The van der Waals surface area contributed by atoms with Gasteiger partial charge >= 0.3 is 0 Å². The summed E-state index contributed by atoms with van der Waals surface area (Å²) in [5.74, 6) is -3.22. The van der Waals surface area contributed by atoms with E-state index in [1.165, 1.54) is 30.3 Å². The zero-order valence-corrected chi connectivity index (χ0v) is 12.1. The molecule has 0 spiro atoms. The van der Waals surface area contributed by atoms with Crippen molar-refractivity contribution in [3.8, 4) is 5.75 Å². The lowest BCUT2D eigenvalue weighted by Crippen LogP contribution is -2.12. The minimum absolute atomic E-state index is 0.0397. The van der Waals surface area contributed by atoms with Crippen LogP contribution in [0.15, 0.2) is 47.4 Å². The van der Waals surface area contributed by atoms with Gasteiger partial charge in [-0.25, -0.2) is 0 Å². The van der Waals surface area contributed by atoms with Gasteiger partial charge in [0.1, 0.15) is 5.75 Å². The second-order valence-electron chi connectivity index (χ2n) is 3.99. The number of benzene rings is 2. The highest BCUT2D eigenvalue weighted by atomic mass is 35.5. The first kappa shape index (κ1) is 15.6. The van der Waals surface area contributed by atoms with E-state index in [9.17, 15) is 18.7 Å². The fourth-order valence-electron chi connectivity index (χ4n) is 1.61. The Morgan fingerprint density at radius 3 is 2.62 bits per heavy atom. The van der Waals surface area contributed by atoms with E-state index in [0.717, 1.165) is 0 Å². The second-order valence-corrected chi connectivity index (χ2v) is 5.43. The van der Waals surface area contributed by atoms with Gasteiger partial charge in [0.2, 0.25) is 0 Å². The van der Waals surface area contributed by atoms with Crippen LogP contribution in [0.1, 0.15) is 10.4 Å². The summed E-state index contributed by atoms with van der Waals surface area (Å²) >= 11 is 6.08. The molecule has 0 aromatic heterocycles. The monoisotopic (exact) mass is 329 g/mol. The average molecular weight is 330 g/mol. The lowest BCUT2D eigenvalue weighted by Gasteiger charge is -2.10. The van der Waals surface area contributed by atoms with Gasteiger partial charge in [0, 0.05) is 10.5 Å². The van der Waals surface area contributed by atoms with E-state index in [-0.39, 0.29) is 26.9 Å². The van der Waals surface area contributed by atoms with Crippen LogP contribution in [0, 0.1) is 0 Å². The van der Waals surface area contributed by atoms with Gasteiger partial charge in [-0.2, -0.15) is 8.78 Å². The van der Waals surface area contributed by atoms with Crippen LogP contribution in [0.25, 0.3) is 0 Å². The molecule has 0 saturated heterocycles. The van der Waals surface area contributed by atoms with Gasteiger partial charge in [0.05, 0.1) is 10.7 Å². The SMILES string of the molecule is O=C(Nc1ccccc1SC(F)F)c1ccc(O)c(Cl)c1. The number of amides is 1. The van der Waals surface area contributed by atoms with Crippen LogP contribution >= 0.6 is 23.4 Å². The molecule has 2 aromatic rings. The molecule has 0 atom stereocenters. The number of hydrogen-bond acceptors (Lipinski definition) is 3. The van der Waals surface area contributed by atoms with Gasteiger partial charge < -0.3 is 10.4 Å². The minimum Gasteiger partial charge on any atom is -0.506 e. The predicted molar refractivity (Wildman–Crippen MR) is 79.4 cm³/mol. The van der Waals surface area contributed by atoms with Crippen molar-refractivity contribution in [2.75, 3.05) is 5.32 Å². The Balaban J connectivity index is 2.21. The van der Waals surface area contributed by atoms with Gasteiger partial charge in [0.25, 0.3) is 11.7 Å². The molecule has 0 aliphatic heterocycles. The molecular weight excluding hydrogens is 320 g/mol. The van der Waals surface area contributed by atoms with E-state index in [4.69, 9.17) is 11.6 Å². The Bertz CT molecular complexity index is 667. The summed E-state index contributed by atoms with van der Waals surface area (Å²) in [6.07, 6.45) is 0. The summed E-state index contributed by atoms with van der Waals surface area (Å²) in [5, 5.41) is 11.9. The molecule has 0 aliphatic carbocycles. The summed E-state index contributed by atoms with van der Waals surface area (Å²) in [7, 11) is 0.